The molecular weight excluding hydrogens is 337 g/mol. The van der Waals surface area contributed by atoms with Crippen LogP contribution in [0.1, 0.15) is 21.5 Å². The predicted octanol–water partition coefficient (Wildman–Crippen LogP) is 3.48. The summed E-state index contributed by atoms with van der Waals surface area (Å²) in [5.74, 6) is -1.34. The molecule has 0 fully saturated rings. The van der Waals surface area contributed by atoms with E-state index in [0.29, 0.717) is 11.3 Å². The first kappa shape index (κ1) is 18.2. The highest BCUT2D eigenvalue weighted by Crippen LogP contribution is 2.29. The van der Waals surface area contributed by atoms with Crippen LogP contribution in [0.15, 0.2) is 54.6 Å². The van der Waals surface area contributed by atoms with Gasteiger partial charge in [0.1, 0.15) is 0 Å². The van der Waals surface area contributed by atoms with Crippen molar-refractivity contribution in [1.82, 2.24) is 5.48 Å². The summed E-state index contributed by atoms with van der Waals surface area (Å²) < 4.78 is 37.6. The van der Waals surface area contributed by atoms with Gasteiger partial charge in [-0.05, 0) is 42.0 Å². The Morgan fingerprint density at radius 2 is 1.64 bits per heavy atom. The van der Waals surface area contributed by atoms with E-state index in [1.165, 1.54) is 11.6 Å². The average molecular weight is 350 g/mol. The predicted molar refractivity (Wildman–Crippen MR) is 84.8 cm³/mol. The summed E-state index contributed by atoms with van der Waals surface area (Å²) in [6.07, 6.45) is -2.04. The monoisotopic (exact) mass is 350 g/mol. The largest absolute Gasteiger partial charge is 0.416 e. The maximum Gasteiger partial charge on any atom is 0.416 e. The maximum atomic E-state index is 12.5. The normalized spacial score (nSPS) is 11.4. The van der Waals surface area contributed by atoms with Crippen molar-refractivity contribution in [2.75, 3.05) is 5.32 Å². The number of rotatable bonds is 4. The molecule has 0 spiro atoms. The molecule has 130 valence electrons. The van der Waals surface area contributed by atoms with Gasteiger partial charge in [0.15, 0.2) is 0 Å². The minimum absolute atomic E-state index is 0.0554. The van der Waals surface area contributed by atoms with Gasteiger partial charge in [-0.2, -0.15) is 13.2 Å². The van der Waals surface area contributed by atoms with E-state index < -0.39 is 23.6 Å². The van der Waals surface area contributed by atoms with Crippen LogP contribution in [-0.2, 0) is 11.0 Å². The van der Waals surface area contributed by atoms with Gasteiger partial charge in [0.25, 0.3) is 11.8 Å². The topological polar surface area (TPSA) is 78.4 Å². The quantitative estimate of drug-likeness (QED) is 0.449. The lowest BCUT2D eigenvalue weighted by Gasteiger charge is -2.10. The molecule has 2 rings (SSSR count). The number of hydrogen-bond acceptors (Lipinski definition) is 3. The fraction of sp³-hybridized carbons (Fsp3) is 0.0588. The molecule has 0 unspecified atom stereocenters. The maximum absolute atomic E-state index is 12.5. The van der Waals surface area contributed by atoms with Crippen molar-refractivity contribution in [3.63, 3.8) is 0 Å². The Morgan fingerprint density at radius 1 is 1.00 bits per heavy atom. The third-order valence-electron chi connectivity index (χ3n) is 3.21. The van der Waals surface area contributed by atoms with Crippen molar-refractivity contribution in [2.45, 2.75) is 6.18 Å². The lowest BCUT2D eigenvalue weighted by molar-refractivity contribution is -0.137. The molecule has 0 radical (unpaired) electrons. The zero-order chi connectivity index (χ0) is 18.4. The molecule has 0 aliphatic carbocycles. The molecule has 8 heteroatoms. The second kappa shape index (κ2) is 7.63. The number of alkyl halides is 3. The van der Waals surface area contributed by atoms with E-state index >= 15 is 0 Å². The molecule has 0 bridgehead atoms. The summed E-state index contributed by atoms with van der Waals surface area (Å²) in [7, 11) is 0. The standard InChI is InChI=1S/C17H13F3N2O3/c18-17(19,20)13-8-5-12(6-9-13)16(24)21-14-4-2-1-3-11(14)7-10-15(23)22-25/h1-10,25H,(H,21,24)(H,22,23)/b10-7+. The van der Waals surface area contributed by atoms with Gasteiger partial charge in [0, 0.05) is 17.3 Å². The van der Waals surface area contributed by atoms with E-state index in [2.05, 4.69) is 5.32 Å². The number of hydrogen-bond donors (Lipinski definition) is 3. The molecule has 3 N–H and O–H groups in total. The number of halogens is 3. The minimum atomic E-state index is -4.47. The van der Waals surface area contributed by atoms with E-state index in [0.717, 1.165) is 30.3 Å². The first-order valence-corrected chi connectivity index (χ1v) is 7.01. The van der Waals surface area contributed by atoms with Crippen LogP contribution in [0.5, 0.6) is 0 Å². The molecule has 2 aromatic carbocycles. The van der Waals surface area contributed by atoms with Gasteiger partial charge in [-0.15, -0.1) is 0 Å². The van der Waals surface area contributed by atoms with E-state index in [4.69, 9.17) is 5.21 Å². The Morgan fingerprint density at radius 3 is 2.24 bits per heavy atom. The first-order valence-electron chi connectivity index (χ1n) is 7.01. The number of carbonyl (C=O) groups excluding carboxylic acids is 2. The lowest BCUT2D eigenvalue weighted by atomic mass is 10.1. The Balaban J connectivity index is 2.18. The number of nitrogens with one attached hydrogen (secondary N) is 2. The number of para-hydroxylation sites is 1. The number of hydroxylamine groups is 1. The minimum Gasteiger partial charge on any atom is -0.321 e. The summed E-state index contributed by atoms with van der Waals surface area (Å²) in [6.45, 7) is 0. The Bertz CT molecular complexity index is 800. The van der Waals surface area contributed by atoms with Crippen LogP contribution < -0.4 is 10.8 Å². The molecule has 0 aromatic heterocycles. The molecule has 0 saturated carbocycles. The van der Waals surface area contributed by atoms with E-state index in [1.54, 1.807) is 24.3 Å². The van der Waals surface area contributed by atoms with Crippen LogP contribution >= 0.6 is 0 Å². The fourth-order valence-electron chi connectivity index (χ4n) is 1.96. The summed E-state index contributed by atoms with van der Waals surface area (Å²) in [5.41, 5.74) is 1.48. The van der Waals surface area contributed by atoms with Gasteiger partial charge in [-0.3, -0.25) is 14.8 Å². The van der Waals surface area contributed by atoms with Gasteiger partial charge in [-0.1, -0.05) is 18.2 Å². The smallest absolute Gasteiger partial charge is 0.321 e. The van der Waals surface area contributed by atoms with Crippen molar-refractivity contribution in [3.8, 4) is 0 Å². The second-order valence-corrected chi connectivity index (χ2v) is 4.93. The highest BCUT2D eigenvalue weighted by Gasteiger charge is 2.30. The van der Waals surface area contributed by atoms with Gasteiger partial charge < -0.3 is 5.32 Å². The molecule has 25 heavy (non-hydrogen) atoms. The Hall–Kier alpha value is -3.13. The molecule has 0 atom stereocenters. The number of amides is 2. The van der Waals surface area contributed by atoms with E-state index in [9.17, 15) is 22.8 Å². The molecule has 2 amide bonds. The molecule has 5 nitrogen and oxygen atoms in total. The van der Waals surface area contributed by atoms with Crippen molar-refractivity contribution in [1.29, 1.82) is 0 Å². The Labute approximate surface area is 140 Å². The van der Waals surface area contributed by atoms with Crippen LogP contribution in [0.4, 0.5) is 18.9 Å². The van der Waals surface area contributed by atoms with Gasteiger partial charge in [0.2, 0.25) is 0 Å². The van der Waals surface area contributed by atoms with Gasteiger partial charge >= 0.3 is 6.18 Å². The second-order valence-electron chi connectivity index (χ2n) is 4.93. The summed E-state index contributed by atoms with van der Waals surface area (Å²) in [6, 6.07) is 10.3. The molecular formula is C17H13F3N2O3. The van der Waals surface area contributed by atoms with Crippen LogP contribution in [-0.4, -0.2) is 17.0 Å². The van der Waals surface area contributed by atoms with E-state index in [-0.39, 0.29) is 5.56 Å². The van der Waals surface area contributed by atoms with Gasteiger partial charge in [0.05, 0.1) is 5.56 Å². The number of benzene rings is 2. The van der Waals surface area contributed by atoms with Crippen LogP contribution in [0.3, 0.4) is 0 Å². The number of carbonyl (C=O) groups is 2. The average Bonchev–Trinajstić information content (AvgIpc) is 2.60. The molecule has 0 heterocycles. The van der Waals surface area contributed by atoms with Gasteiger partial charge in [-0.25, -0.2) is 5.48 Å². The van der Waals surface area contributed by atoms with Crippen LogP contribution in [0, 0.1) is 0 Å². The lowest BCUT2D eigenvalue weighted by Crippen LogP contribution is -2.15. The highest BCUT2D eigenvalue weighted by molar-refractivity contribution is 6.05. The molecule has 0 aliphatic heterocycles. The highest BCUT2D eigenvalue weighted by atomic mass is 19.4. The Kier molecular flexibility index (Phi) is 5.56. The first-order chi connectivity index (χ1) is 11.8. The number of anilines is 1. The summed E-state index contributed by atoms with van der Waals surface area (Å²) in [5, 5.41) is 11.0. The van der Waals surface area contributed by atoms with E-state index in [1.807, 2.05) is 0 Å². The fourth-order valence-corrected chi connectivity index (χ4v) is 1.96. The molecule has 0 aliphatic rings. The van der Waals surface area contributed by atoms with Crippen molar-refractivity contribution in [3.05, 3.63) is 71.3 Å². The zero-order valence-corrected chi connectivity index (χ0v) is 12.7. The van der Waals surface area contributed by atoms with Crippen molar-refractivity contribution < 1.29 is 28.0 Å². The SMILES string of the molecule is O=C(/C=C/c1ccccc1NC(=O)c1ccc(C(F)(F)F)cc1)NO. The summed E-state index contributed by atoms with van der Waals surface area (Å²) >= 11 is 0. The van der Waals surface area contributed by atoms with Crippen LogP contribution in [0.2, 0.25) is 0 Å². The molecule has 0 saturated heterocycles. The third kappa shape index (κ3) is 4.92. The molecule has 2 aromatic rings. The van der Waals surface area contributed by atoms with Crippen LogP contribution in [0.25, 0.3) is 6.08 Å². The summed E-state index contributed by atoms with van der Waals surface area (Å²) in [4.78, 5) is 23.2. The zero-order valence-electron chi connectivity index (χ0n) is 12.7. The van der Waals surface area contributed by atoms with Crippen molar-refractivity contribution >= 4 is 23.6 Å². The third-order valence-corrected chi connectivity index (χ3v) is 3.21. The van der Waals surface area contributed by atoms with Crippen molar-refractivity contribution in [2.24, 2.45) is 0 Å².